The molecule has 0 heterocycles. The Bertz CT molecular complexity index is 1560. The van der Waals surface area contributed by atoms with Gasteiger partial charge in [0.05, 0.1) is 41.4 Å². The largest absolute Gasteiger partial charge is 0.496 e. The molecule has 4 atom stereocenters. The molecule has 2 bridgehead atoms. The van der Waals surface area contributed by atoms with E-state index in [-0.39, 0.29) is 40.7 Å². The van der Waals surface area contributed by atoms with Crippen LogP contribution in [0, 0.1) is 23.6 Å². The Morgan fingerprint density at radius 1 is 1.05 bits per heavy atom. The molecule has 0 radical (unpaired) electrons. The Hall–Kier alpha value is -3.66. The van der Waals surface area contributed by atoms with E-state index in [1.165, 1.54) is 13.2 Å². The fourth-order valence-electron chi connectivity index (χ4n) is 5.75. The Balaban J connectivity index is 1.70. The molecule has 2 saturated carbocycles. The maximum Gasteiger partial charge on any atom is 0.419 e. The van der Waals surface area contributed by atoms with Crippen LogP contribution in [0.5, 0.6) is 5.75 Å². The number of halogens is 7. The third kappa shape index (κ3) is 6.79. The van der Waals surface area contributed by atoms with E-state index in [4.69, 9.17) is 9.84 Å². The van der Waals surface area contributed by atoms with Gasteiger partial charge >= 0.3 is 12.4 Å². The number of hydrogen-bond acceptors (Lipinski definition) is 6. The summed E-state index contributed by atoms with van der Waals surface area (Å²) >= 11 is 0. The lowest BCUT2D eigenvalue weighted by molar-refractivity contribution is -0.140. The first-order chi connectivity index (χ1) is 20.0. The molecular weight excluding hydrogens is 613 g/mol. The number of hydrogen-bond donors (Lipinski definition) is 3. The lowest BCUT2D eigenvalue weighted by atomic mass is 9.83. The van der Waals surface area contributed by atoms with Crippen LogP contribution in [0.2, 0.25) is 0 Å². The van der Waals surface area contributed by atoms with Crippen molar-refractivity contribution in [3.05, 3.63) is 65.0 Å². The fourth-order valence-corrected chi connectivity index (χ4v) is 6.80. The average Bonchev–Trinajstić information content (AvgIpc) is 3.41. The van der Waals surface area contributed by atoms with Crippen LogP contribution in [0.1, 0.15) is 28.8 Å². The number of ether oxygens (including phenoxy) is 1. The Labute approximate surface area is 240 Å². The minimum absolute atomic E-state index is 0.0457. The topological polar surface area (TPSA) is 122 Å². The van der Waals surface area contributed by atoms with Crippen LogP contribution in [0.3, 0.4) is 0 Å². The molecule has 2 aliphatic rings. The van der Waals surface area contributed by atoms with E-state index in [0.717, 1.165) is 18.2 Å². The van der Waals surface area contributed by atoms with E-state index in [0.29, 0.717) is 12.1 Å². The zero-order valence-corrected chi connectivity index (χ0v) is 23.0. The third-order valence-corrected chi connectivity index (χ3v) is 9.20. The van der Waals surface area contributed by atoms with Gasteiger partial charge in [0.2, 0.25) is 5.91 Å². The van der Waals surface area contributed by atoms with Crippen molar-refractivity contribution in [3.8, 4) is 5.75 Å². The minimum atomic E-state index is -5.09. The number of alkyl halides is 6. The zero-order valence-electron chi connectivity index (χ0n) is 22.2. The molecule has 16 heteroatoms. The highest BCUT2D eigenvalue weighted by molar-refractivity contribution is 7.91. The molecule has 2 amide bonds. The van der Waals surface area contributed by atoms with Crippen molar-refractivity contribution in [1.29, 1.82) is 0 Å². The van der Waals surface area contributed by atoms with Gasteiger partial charge in [-0.05, 0) is 55.2 Å². The van der Waals surface area contributed by atoms with Crippen molar-refractivity contribution < 1.29 is 58.6 Å². The number of nitrogens with one attached hydrogen (secondary N) is 2. The Morgan fingerprint density at radius 2 is 1.72 bits per heavy atom. The van der Waals surface area contributed by atoms with Crippen molar-refractivity contribution in [2.45, 2.75) is 36.1 Å². The summed E-state index contributed by atoms with van der Waals surface area (Å²) in [6.45, 7) is -0.704. The smallest absolute Gasteiger partial charge is 0.419 e. The van der Waals surface area contributed by atoms with Gasteiger partial charge in [-0.15, -0.1) is 0 Å². The highest BCUT2D eigenvalue weighted by Crippen LogP contribution is 2.54. The molecule has 0 aliphatic heterocycles. The molecule has 4 rings (SSSR count). The summed E-state index contributed by atoms with van der Waals surface area (Å²) in [6.07, 6.45) is -9.55. The second-order valence-corrected chi connectivity index (χ2v) is 12.2. The summed E-state index contributed by atoms with van der Waals surface area (Å²) in [5.74, 6) is -7.71. The van der Waals surface area contributed by atoms with E-state index in [2.05, 4.69) is 10.6 Å². The van der Waals surface area contributed by atoms with Gasteiger partial charge in [0, 0.05) is 23.7 Å². The van der Waals surface area contributed by atoms with Gasteiger partial charge in [-0.2, -0.15) is 26.3 Å². The van der Waals surface area contributed by atoms with Crippen molar-refractivity contribution in [1.82, 2.24) is 5.32 Å². The number of carbonyl (C=O) groups excluding carboxylic acids is 2. The second-order valence-electron chi connectivity index (χ2n) is 10.1. The van der Waals surface area contributed by atoms with E-state index in [1.807, 2.05) is 0 Å². The highest BCUT2D eigenvalue weighted by atomic mass is 32.2. The molecule has 8 nitrogen and oxygen atoms in total. The van der Waals surface area contributed by atoms with Gasteiger partial charge in [-0.3, -0.25) is 9.59 Å². The van der Waals surface area contributed by atoms with E-state index >= 15 is 0 Å². The first-order valence-electron chi connectivity index (χ1n) is 12.8. The molecule has 2 aliphatic carbocycles. The first-order valence-corrected chi connectivity index (χ1v) is 14.4. The number of aliphatic hydroxyl groups is 1. The SMILES string of the molecule is COc1ccc(S(=O)(=O)CCO)cc1C(=O)N[C@H]1[C@@H](C(=O)Nc2ccc(F)c(C(F)(F)F)c2)[C@H]2CC[C@@H]1/C2=C\C(F)(F)F. The summed E-state index contributed by atoms with van der Waals surface area (Å²) in [5, 5.41) is 13.8. The van der Waals surface area contributed by atoms with Gasteiger partial charge in [-0.25, -0.2) is 12.8 Å². The van der Waals surface area contributed by atoms with Crippen LogP contribution in [-0.4, -0.2) is 57.0 Å². The van der Waals surface area contributed by atoms with Gasteiger partial charge in [0.15, 0.2) is 9.84 Å². The van der Waals surface area contributed by atoms with Crippen molar-refractivity contribution in [2.75, 3.05) is 24.8 Å². The predicted molar refractivity (Wildman–Crippen MR) is 137 cm³/mol. The van der Waals surface area contributed by atoms with E-state index in [9.17, 15) is 48.7 Å². The summed E-state index contributed by atoms with van der Waals surface area (Å²) in [6, 6.07) is 3.69. The number of aliphatic hydroxyl groups excluding tert-OH is 1. The number of fused-ring (bicyclic) bond motifs is 2. The van der Waals surface area contributed by atoms with Gasteiger partial charge in [-0.1, -0.05) is 5.57 Å². The summed E-state index contributed by atoms with van der Waals surface area (Å²) in [5.41, 5.74) is -2.61. The number of amides is 2. The molecule has 2 aromatic carbocycles. The summed E-state index contributed by atoms with van der Waals surface area (Å²) < 4.78 is 124. The van der Waals surface area contributed by atoms with Crippen LogP contribution in [0.15, 0.2) is 52.9 Å². The molecule has 0 unspecified atom stereocenters. The Kier molecular flexibility index (Phi) is 8.84. The number of allylic oxidation sites excluding steroid dienone is 1. The quantitative estimate of drug-likeness (QED) is 0.289. The van der Waals surface area contributed by atoms with Crippen LogP contribution >= 0.6 is 0 Å². The van der Waals surface area contributed by atoms with Crippen LogP contribution in [0.25, 0.3) is 0 Å². The number of sulfone groups is 1. The second kappa shape index (κ2) is 11.8. The summed E-state index contributed by atoms with van der Waals surface area (Å²) in [7, 11) is -2.84. The van der Waals surface area contributed by atoms with Crippen LogP contribution in [0.4, 0.5) is 36.4 Å². The zero-order chi connectivity index (χ0) is 31.9. The van der Waals surface area contributed by atoms with E-state index < -0.39 is 87.2 Å². The molecule has 2 aromatic rings. The normalized spacial score (nSPS) is 23.0. The number of benzene rings is 2. The molecule has 0 spiro atoms. The highest BCUT2D eigenvalue weighted by Gasteiger charge is 2.55. The van der Waals surface area contributed by atoms with Gasteiger partial charge in [0.25, 0.3) is 5.91 Å². The average molecular weight is 639 g/mol. The monoisotopic (exact) mass is 638 g/mol. The Morgan fingerprint density at radius 3 is 2.33 bits per heavy atom. The van der Waals surface area contributed by atoms with Crippen molar-refractivity contribution in [3.63, 3.8) is 0 Å². The van der Waals surface area contributed by atoms with E-state index in [1.54, 1.807) is 0 Å². The number of carbonyl (C=O) groups is 2. The maximum atomic E-state index is 13.8. The van der Waals surface area contributed by atoms with Gasteiger partial charge in [0.1, 0.15) is 11.6 Å². The van der Waals surface area contributed by atoms with Crippen LogP contribution < -0.4 is 15.4 Å². The lowest BCUT2D eigenvalue weighted by Crippen LogP contribution is -2.48. The molecular formula is C27H25F7N2O6S. The minimum Gasteiger partial charge on any atom is -0.496 e. The standard InChI is InChI=1S/C27H25F7N2O6S/c1-42-21-7-3-14(43(40,41)9-8-37)11-17(21)24(38)36-23-16-5-4-15(18(16)12-26(29,30)31)22(23)25(39)35-13-2-6-20(28)19(10-13)27(32,33)34/h2-3,6-7,10-12,15-16,22-23,37H,4-5,8-9H2,1H3,(H,35,39)(H,36,38)/b18-12-/t15-,16+,22-,23+/m0/s1. The molecule has 43 heavy (non-hydrogen) atoms. The fraction of sp³-hybridized carbons (Fsp3) is 0.407. The van der Waals surface area contributed by atoms with Gasteiger partial charge < -0.3 is 20.5 Å². The maximum absolute atomic E-state index is 13.8. The van der Waals surface area contributed by atoms with Crippen LogP contribution in [-0.2, 0) is 20.8 Å². The number of methoxy groups -OCH3 is 1. The molecule has 2 fully saturated rings. The molecule has 0 aromatic heterocycles. The summed E-state index contributed by atoms with van der Waals surface area (Å²) in [4.78, 5) is 26.5. The molecule has 0 saturated heterocycles. The number of rotatable bonds is 8. The molecule has 3 N–H and O–H groups in total. The molecule has 234 valence electrons. The predicted octanol–water partition coefficient (Wildman–Crippen LogP) is 4.50. The third-order valence-electron chi connectivity index (χ3n) is 7.50. The number of anilines is 1. The first kappa shape index (κ1) is 32.3. The van der Waals surface area contributed by atoms with Crippen molar-refractivity contribution in [2.24, 2.45) is 17.8 Å². The van der Waals surface area contributed by atoms with Crippen molar-refractivity contribution >= 4 is 27.3 Å². The lowest BCUT2D eigenvalue weighted by Gasteiger charge is -2.30.